The van der Waals surface area contributed by atoms with Crippen LogP contribution in [-0.4, -0.2) is 13.2 Å². The van der Waals surface area contributed by atoms with Gasteiger partial charge in [0, 0.05) is 13.2 Å². The summed E-state index contributed by atoms with van der Waals surface area (Å²) in [5.41, 5.74) is 0. The van der Waals surface area contributed by atoms with Crippen molar-refractivity contribution in [2.75, 3.05) is 13.2 Å². The summed E-state index contributed by atoms with van der Waals surface area (Å²) >= 11 is 0. The molecule has 0 aromatic carbocycles. The fourth-order valence-corrected chi connectivity index (χ4v) is 0.840. The Bertz CT molecular complexity index is 59.7. The molecule has 0 aliphatic carbocycles. The highest BCUT2D eigenvalue weighted by atomic mass is 16.5. The first kappa shape index (κ1) is 9.96. The summed E-state index contributed by atoms with van der Waals surface area (Å²) in [5.74, 6) is 0.824. The second-order valence-electron chi connectivity index (χ2n) is 3.15. The summed E-state index contributed by atoms with van der Waals surface area (Å²) in [6, 6.07) is 0. The molecule has 0 aliphatic heterocycles. The maximum atomic E-state index is 5.33. The van der Waals surface area contributed by atoms with E-state index in [4.69, 9.17) is 4.74 Å². The Hall–Kier alpha value is -0.0400. The van der Waals surface area contributed by atoms with Gasteiger partial charge in [0.2, 0.25) is 0 Å². The molecule has 0 aromatic rings. The molecular weight excluding hydrogens is 124 g/mol. The van der Waals surface area contributed by atoms with Crippen LogP contribution in [0.1, 0.15) is 40.0 Å². The third-order valence-corrected chi connectivity index (χ3v) is 1.42. The molecule has 10 heavy (non-hydrogen) atoms. The van der Waals surface area contributed by atoms with E-state index < -0.39 is 0 Å². The molecule has 0 fully saturated rings. The van der Waals surface area contributed by atoms with Crippen LogP contribution in [0.25, 0.3) is 0 Å². The normalized spacial score (nSPS) is 10.8. The molecule has 0 aromatic heterocycles. The van der Waals surface area contributed by atoms with Crippen molar-refractivity contribution in [1.29, 1.82) is 0 Å². The highest BCUT2D eigenvalue weighted by Crippen LogP contribution is 2.02. The van der Waals surface area contributed by atoms with E-state index in [0.717, 1.165) is 25.6 Å². The second kappa shape index (κ2) is 7.07. The van der Waals surface area contributed by atoms with E-state index in [0.29, 0.717) is 0 Å². The Kier molecular flexibility index (Phi) is 7.04. The Balaban J connectivity index is 2.77. The van der Waals surface area contributed by atoms with E-state index in [1.165, 1.54) is 12.8 Å². The van der Waals surface area contributed by atoms with Crippen LogP contribution >= 0.6 is 0 Å². The van der Waals surface area contributed by atoms with E-state index >= 15 is 0 Å². The molecule has 0 heterocycles. The molecule has 1 heteroatoms. The van der Waals surface area contributed by atoms with Gasteiger partial charge in [0.15, 0.2) is 0 Å². The molecule has 0 atom stereocenters. The summed E-state index contributed by atoms with van der Waals surface area (Å²) in [7, 11) is 0. The Labute approximate surface area is 64.8 Å². The fourth-order valence-electron chi connectivity index (χ4n) is 0.840. The lowest BCUT2D eigenvalue weighted by molar-refractivity contribution is 0.128. The molecule has 1 nitrogen and oxygen atoms in total. The molecular formula is C9H20O. The summed E-state index contributed by atoms with van der Waals surface area (Å²) < 4.78 is 5.33. The Morgan fingerprint density at radius 1 is 1.20 bits per heavy atom. The first-order chi connectivity index (χ1) is 4.77. The van der Waals surface area contributed by atoms with Gasteiger partial charge in [0.1, 0.15) is 0 Å². The third kappa shape index (κ3) is 7.96. The highest BCUT2D eigenvalue weighted by Gasteiger charge is 1.92. The predicted molar refractivity (Wildman–Crippen MR) is 45.2 cm³/mol. The summed E-state index contributed by atoms with van der Waals surface area (Å²) in [6.45, 7) is 8.52. The molecule has 0 amide bonds. The van der Waals surface area contributed by atoms with Gasteiger partial charge in [-0.2, -0.15) is 0 Å². The molecule has 0 saturated carbocycles. The molecule has 0 saturated heterocycles. The Morgan fingerprint density at radius 2 is 1.90 bits per heavy atom. The standard InChI is InChI=1S/C9H20O/c1-4-7-10-8-5-6-9(2)3/h9H,4-8H2,1-3H3. The average Bonchev–Trinajstić information content (AvgIpc) is 1.87. The van der Waals surface area contributed by atoms with Crippen LogP contribution in [0.15, 0.2) is 0 Å². The van der Waals surface area contributed by atoms with Gasteiger partial charge < -0.3 is 4.74 Å². The summed E-state index contributed by atoms with van der Waals surface area (Å²) in [4.78, 5) is 0. The van der Waals surface area contributed by atoms with Crippen LogP contribution in [-0.2, 0) is 4.74 Å². The first-order valence-electron chi connectivity index (χ1n) is 4.35. The first-order valence-corrected chi connectivity index (χ1v) is 4.35. The number of hydrogen-bond acceptors (Lipinski definition) is 1. The predicted octanol–water partition coefficient (Wildman–Crippen LogP) is 2.85. The molecule has 0 rings (SSSR count). The van der Waals surface area contributed by atoms with Gasteiger partial charge in [-0.05, 0) is 25.2 Å². The van der Waals surface area contributed by atoms with Gasteiger partial charge in [-0.15, -0.1) is 0 Å². The maximum absolute atomic E-state index is 5.33. The lowest BCUT2D eigenvalue weighted by atomic mass is 10.1. The van der Waals surface area contributed by atoms with Gasteiger partial charge in [-0.1, -0.05) is 20.8 Å². The van der Waals surface area contributed by atoms with Crippen LogP contribution in [0.4, 0.5) is 0 Å². The number of hydrogen-bond donors (Lipinski definition) is 0. The van der Waals surface area contributed by atoms with Crippen molar-refractivity contribution in [1.82, 2.24) is 0 Å². The van der Waals surface area contributed by atoms with E-state index in [2.05, 4.69) is 20.8 Å². The zero-order valence-electron chi connectivity index (χ0n) is 7.52. The van der Waals surface area contributed by atoms with Crippen molar-refractivity contribution < 1.29 is 4.74 Å². The largest absolute Gasteiger partial charge is 0.381 e. The lowest BCUT2D eigenvalue weighted by Crippen LogP contribution is -1.97. The Morgan fingerprint density at radius 3 is 2.40 bits per heavy atom. The minimum Gasteiger partial charge on any atom is -0.381 e. The molecule has 0 bridgehead atoms. The van der Waals surface area contributed by atoms with Crippen LogP contribution in [0.3, 0.4) is 0 Å². The summed E-state index contributed by atoms with van der Waals surface area (Å²) in [6.07, 6.45) is 3.66. The second-order valence-corrected chi connectivity index (χ2v) is 3.15. The molecule has 0 unspecified atom stereocenters. The molecule has 0 radical (unpaired) electrons. The molecule has 0 aliphatic rings. The van der Waals surface area contributed by atoms with Crippen LogP contribution in [0.2, 0.25) is 0 Å². The quantitative estimate of drug-likeness (QED) is 0.521. The van der Waals surface area contributed by atoms with Crippen molar-refractivity contribution in [3.63, 3.8) is 0 Å². The average molecular weight is 144 g/mol. The topological polar surface area (TPSA) is 9.23 Å². The van der Waals surface area contributed by atoms with Crippen LogP contribution < -0.4 is 0 Å². The lowest BCUT2D eigenvalue weighted by Gasteiger charge is -2.04. The fraction of sp³-hybridized carbons (Fsp3) is 1.00. The van der Waals surface area contributed by atoms with Crippen LogP contribution in [0.5, 0.6) is 0 Å². The number of rotatable bonds is 6. The van der Waals surface area contributed by atoms with Crippen molar-refractivity contribution >= 4 is 0 Å². The smallest absolute Gasteiger partial charge is 0.0466 e. The zero-order valence-corrected chi connectivity index (χ0v) is 7.52. The van der Waals surface area contributed by atoms with Crippen LogP contribution in [0, 0.1) is 5.92 Å². The van der Waals surface area contributed by atoms with Crippen molar-refractivity contribution in [3.05, 3.63) is 0 Å². The van der Waals surface area contributed by atoms with E-state index in [9.17, 15) is 0 Å². The molecule has 0 N–H and O–H groups in total. The highest BCUT2D eigenvalue weighted by molar-refractivity contribution is 4.44. The monoisotopic (exact) mass is 144 g/mol. The maximum Gasteiger partial charge on any atom is 0.0466 e. The van der Waals surface area contributed by atoms with E-state index in [1.807, 2.05) is 0 Å². The van der Waals surface area contributed by atoms with Gasteiger partial charge in [-0.3, -0.25) is 0 Å². The minimum absolute atomic E-state index is 0.824. The van der Waals surface area contributed by atoms with Crippen molar-refractivity contribution in [3.8, 4) is 0 Å². The van der Waals surface area contributed by atoms with Gasteiger partial charge in [0.25, 0.3) is 0 Å². The van der Waals surface area contributed by atoms with Crippen molar-refractivity contribution in [2.45, 2.75) is 40.0 Å². The number of ether oxygens (including phenoxy) is 1. The molecule has 62 valence electrons. The van der Waals surface area contributed by atoms with E-state index in [1.54, 1.807) is 0 Å². The zero-order chi connectivity index (χ0) is 7.82. The van der Waals surface area contributed by atoms with Crippen molar-refractivity contribution in [2.24, 2.45) is 5.92 Å². The third-order valence-electron chi connectivity index (χ3n) is 1.42. The summed E-state index contributed by atoms with van der Waals surface area (Å²) in [5, 5.41) is 0. The van der Waals surface area contributed by atoms with Gasteiger partial charge in [-0.25, -0.2) is 0 Å². The molecule has 0 spiro atoms. The minimum atomic E-state index is 0.824. The van der Waals surface area contributed by atoms with Gasteiger partial charge >= 0.3 is 0 Å². The van der Waals surface area contributed by atoms with Gasteiger partial charge in [0.05, 0.1) is 0 Å². The SMILES string of the molecule is CCCOCCCC(C)C. The van der Waals surface area contributed by atoms with E-state index in [-0.39, 0.29) is 0 Å².